The van der Waals surface area contributed by atoms with E-state index in [9.17, 15) is 24.6 Å². The largest absolute Gasteiger partial charge is 0.507 e. The van der Waals surface area contributed by atoms with Crippen molar-refractivity contribution in [2.45, 2.75) is 59.2 Å². The van der Waals surface area contributed by atoms with Crippen molar-refractivity contribution >= 4 is 17.5 Å². The Labute approximate surface area is 199 Å². The first kappa shape index (κ1) is 25.2. The molecule has 0 fully saturated rings. The van der Waals surface area contributed by atoms with Gasteiger partial charge in [-0.25, -0.2) is 4.79 Å². The lowest BCUT2D eigenvalue weighted by Gasteiger charge is -2.31. The highest BCUT2D eigenvalue weighted by atomic mass is 16.6. The van der Waals surface area contributed by atoms with Crippen molar-refractivity contribution in [1.82, 2.24) is 0 Å². The third kappa shape index (κ3) is 5.04. The molecule has 0 saturated heterocycles. The number of rotatable bonds is 8. The van der Waals surface area contributed by atoms with E-state index in [1.807, 2.05) is 13.0 Å². The first-order chi connectivity index (χ1) is 16.0. The Hall–Kier alpha value is -3.45. The summed E-state index contributed by atoms with van der Waals surface area (Å²) in [6.45, 7) is 9.07. The molecule has 0 unspecified atom stereocenters. The molecule has 3 aliphatic rings. The zero-order chi connectivity index (χ0) is 25.2. The zero-order valence-corrected chi connectivity index (χ0v) is 20.0. The van der Waals surface area contributed by atoms with Gasteiger partial charge in [0.25, 0.3) is 0 Å². The highest BCUT2D eigenvalue weighted by molar-refractivity contribution is 6.13. The van der Waals surface area contributed by atoms with Crippen LogP contribution in [0.4, 0.5) is 0 Å². The summed E-state index contributed by atoms with van der Waals surface area (Å²) in [7, 11) is 0. The number of carbonyl (C=O) groups excluding carboxylic acids is 3. The van der Waals surface area contributed by atoms with E-state index in [4.69, 9.17) is 9.47 Å². The number of aliphatic hydroxyl groups excluding tert-OH is 2. The minimum Gasteiger partial charge on any atom is -0.507 e. The number of esters is 1. The maximum atomic E-state index is 12.9. The summed E-state index contributed by atoms with van der Waals surface area (Å²) in [6.07, 6.45) is 10.8. The third-order valence-electron chi connectivity index (χ3n) is 5.94. The summed E-state index contributed by atoms with van der Waals surface area (Å²) < 4.78 is 11.0. The molecule has 2 heterocycles. The van der Waals surface area contributed by atoms with E-state index in [0.717, 1.165) is 18.1 Å². The molecule has 0 aromatic heterocycles. The maximum absolute atomic E-state index is 12.9. The van der Waals surface area contributed by atoms with E-state index < -0.39 is 35.0 Å². The molecule has 34 heavy (non-hydrogen) atoms. The number of allylic oxidation sites excluding steroid dienone is 7. The lowest BCUT2D eigenvalue weighted by Crippen LogP contribution is -2.40. The van der Waals surface area contributed by atoms with Gasteiger partial charge in [-0.05, 0) is 50.5 Å². The summed E-state index contributed by atoms with van der Waals surface area (Å²) >= 11 is 0. The van der Waals surface area contributed by atoms with E-state index >= 15 is 0 Å². The first-order valence-corrected chi connectivity index (χ1v) is 11.3. The third-order valence-corrected chi connectivity index (χ3v) is 5.94. The number of ketones is 2. The van der Waals surface area contributed by atoms with E-state index in [1.165, 1.54) is 25.3 Å². The average Bonchev–Trinajstić information content (AvgIpc) is 3.03. The Kier molecular flexibility index (Phi) is 7.26. The molecule has 0 bridgehead atoms. The standard InChI is InChI=1S/C27H30O7/c1-6-15(2)9-16(3)7-8-19(29)13-22(30)24-25-21-14-33-20(10-17(4)28)11-18(21)12-23(31)27(25,5)34-26(24)32/h7-9,11-15,17,28,30H,6,10H2,1-5H3/b8-7+,16-9+,22-13-/t15-,17+,27+/m1/s1. The molecule has 0 aromatic carbocycles. The second kappa shape index (κ2) is 9.81. The van der Waals surface area contributed by atoms with Crippen LogP contribution in [0.25, 0.3) is 0 Å². The van der Waals surface area contributed by atoms with E-state index in [1.54, 1.807) is 19.1 Å². The molecule has 1 aliphatic carbocycles. The van der Waals surface area contributed by atoms with E-state index in [0.29, 0.717) is 22.8 Å². The van der Waals surface area contributed by atoms with E-state index in [-0.39, 0.29) is 17.6 Å². The quantitative estimate of drug-likeness (QED) is 0.238. The fraction of sp³-hybridized carbons (Fsp3) is 0.370. The van der Waals surface area contributed by atoms with Crippen LogP contribution in [-0.4, -0.2) is 39.5 Å². The second-order valence-electron chi connectivity index (χ2n) is 9.01. The van der Waals surface area contributed by atoms with Crippen molar-refractivity contribution in [3.8, 4) is 0 Å². The Balaban J connectivity index is 1.98. The number of hydrogen-bond donors (Lipinski definition) is 2. The zero-order valence-electron chi connectivity index (χ0n) is 20.0. The van der Waals surface area contributed by atoms with Crippen LogP contribution in [0.2, 0.25) is 0 Å². The summed E-state index contributed by atoms with van der Waals surface area (Å²) in [5, 5.41) is 20.4. The van der Waals surface area contributed by atoms with Crippen molar-refractivity contribution in [1.29, 1.82) is 0 Å². The highest BCUT2D eigenvalue weighted by Gasteiger charge is 2.54. The molecule has 7 heteroatoms. The normalized spacial score (nSPS) is 24.6. The number of carbonyl (C=O) groups is 3. The molecule has 2 N–H and O–H groups in total. The predicted octanol–water partition coefficient (Wildman–Crippen LogP) is 4.24. The Morgan fingerprint density at radius 2 is 1.91 bits per heavy atom. The highest BCUT2D eigenvalue weighted by Crippen LogP contribution is 2.47. The molecule has 0 radical (unpaired) electrons. The van der Waals surface area contributed by atoms with Gasteiger partial charge in [0, 0.05) is 23.6 Å². The van der Waals surface area contributed by atoms with Gasteiger partial charge < -0.3 is 19.7 Å². The van der Waals surface area contributed by atoms with Crippen molar-refractivity contribution in [3.05, 3.63) is 82.1 Å². The number of hydrogen-bond acceptors (Lipinski definition) is 7. The second-order valence-corrected chi connectivity index (χ2v) is 9.01. The number of aliphatic hydroxyl groups is 2. The van der Waals surface area contributed by atoms with Gasteiger partial charge in [-0.1, -0.05) is 38.0 Å². The first-order valence-electron chi connectivity index (χ1n) is 11.3. The van der Waals surface area contributed by atoms with Gasteiger partial charge in [-0.3, -0.25) is 9.59 Å². The molecule has 0 aromatic rings. The molecule has 0 saturated carbocycles. The van der Waals surface area contributed by atoms with Gasteiger partial charge in [-0.2, -0.15) is 0 Å². The van der Waals surface area contributed by atoms with Crippen molar-refractivity contribution in [3.63, 3.8) is 0 Å². The predicted molar refractivity (Wildman–Crippen MR) is 126 cm³/mol. The van der Waals surface area contributed by atoms with Gasteiger partial charge in [0.1, 0.15) is 17.1 Å². The Morgan fingerprint density at radius 1 is 1.21 bits per heavy atom. The number of ether oxygens (including phenoxy) is 2. The summed E-state index contributed by atoms with van der Waals surface area (Å²) in [4.78, 5) is 38.0. The van der Waals surface area contributed by atoms with Gasteiger partial charge in [0.05, 0.1) is 12.4 Å². The average molecular weight is 467 g/mol. The topological polar surface area (TPSA) is 110 Å². The Morgan fingerprint density at radius 3 is 2.56 bits per heavy atom. The fourth-order valence-corrected chi connectivity index (χ4v) is 4.00. The lowest BCUT2D eigenvalue weighted by molar-refractivity contribution is -0.152. The SMILES string of the molecule is CC[C@@H](C)/C=C(C)/C=C/C(=O)/C=C(\O)C1=C2C3=COC(C[C@H](C)O)=CC3=CC(=O)[C@]2(C)OC1=O. The lowest BCUT2D eigenvalue weighted by atomic mass is 9.76. The van der Waals surface area contributed by atoms with E-state index in [2.05, 4.69) is 13.8 Å². The minimum absolute atomic E-state index is 0.144. The van der Waals surface area contributed by atoms with Crippen molar-refractivity contribution < 1.29 is 34.1 Å². The van der Waals surface area contributed by atoms with Gasteiger partial charge in [-0.15, -0.1) is 0 Å². The van der Waals surface area contributed by atoms with Crippen LogP contribution in [0.15, 0.2) is 82.1 Å². The van der Waals surface area contributed by atoms with Crippen molar-refractivity contribution in [2.75, 3.05) is 0 Å². The van der Waals surface area contributed by atoms with Gasteiger partial charge in [0.2, 0.25) is 5.78 Å². The smallest absolute Gasteiger partial charge is 0.343 e. The maximum Gasteiger partial charge on any atom is 0.343 e. The monoisotopic (exact) mass is 466 g/mol. The van der Waals surface area contributed by atoms with Crippen LogP contribution in [0.3, 0.4) is 0 Å². The van der Waals surface area contributed by atoms with Gasteiger partial charge >= 0.3 is 5.97 Å². The summed E-state index contributed by atoms with van der Waals surface area (Å²) in [6, 6.07) is 0. The molecule has 7 nitrogen and oxygen atoms in total. The van der Waals surface area contributed by atoms with Crippen LogP contribution in [0, 0.1) is 5.92 Å². The molecule has 0 spiro atoms. The molecule has 3 rings (SSSR count). The van der Waals surface area contributed by atoms with Crippen LogP contribution in [0.5, 0.6) is 0 Å². The molecule has 3 atom stereocenters. The molecular weight excluding hydrogens is 436 g/mol. The minimum atomic E-state index is -1.64. The van der Waals surface area contributed by atoms with Gasteiger partial charge in [0.15, 0.2) is 11.4 Å². The summed E-state index contributed by atoms with van der Waals surface area (Å²) in [5.41, 5.74) is 0.0230. The molecule has 2 aliphatic heterocycles. The Bertz CT molecular complexity index is 1140. The fourth-order valence-electron chi connectivity index (χ4n) is 4.00. The van der Waals surface area contributed by atoms with Crippen LogP contribution in [-0.2, 0) is 23.9 Å². The van der Waals surface area contributed by atoms with Crippen LogP contribution < -0.4 is 0 Å². The van der Waals surface area contributed by atoms with Crippen LogP contribution >= 0.6 is 0 Å². The molecular formula is C27H30O7. The number of fused-ring (bicyclic) bond motifs is 3. The molecule has 180 valence electrons. The van der Waals surface area contributed by atoms with Crippen LogP contribution in [0.1, 0.15) is 47.5 Å². The molecule has 0 amide bonds. The summed E-state index contributed by atoms with van der Waals surface area (Å²) in [5.74, 6) is -1.66. The van der Waals surface area contributed by atoms with Crippen molar-refractivity contribution in [2.24, 2.45) is 5.92 Å².